The molecule has 0 bridgehead atoms. The van der Waals surface area contributed by atoms with Crippen LogP contribution in [0.4, 0.5) is 0 Å². The third-order valence-electron chi connectivity index (χ3n) is 3.90. The zero-order chi connectivity index (χ0) is 15.4. The number of aliphatic carboxylic acids is 1. The van der Waals surface area contributed by atoms with Gasteiger partial charge < -0.3 is 14.6 Å². The van der Waals surface area contributed by atoms with Gasteiger partial charge in [-0.3, -0.25) is 4.79 Å². The van der Waals surface area contributed by atoms with Crippen LogP contribution in [-0.4, -0.2) is 29.3 Å². The molecule has 5 heteroatoms. The number of pyridine rings is 1. The average Bonchev–Trinajstić information content (AvgIpc) is 2.47. The van der Waals surface area contributed by atoms with Crippen molar-refractivity contribution < 1.29 is 19.4 Å². The molecule has 1 heterocycles. The van der Waals surface area contributed by atoms with E-state index in [1.54, 1.807) is 7.11 Å². The molecule has 2 atom stereocenters. The summed E-state index contributed by atoms with van der Waals surface area (Å²) >= 11 is 0. The summed E-state index contributed by atoms with van der Waals surface area (Å²) in [4.78, 5) is 15.5. The van der Waals surface area contributed by atoms with Crippen molar-refractivity contribution in [2.75, 3.05) is 7.11 Å². The second-order valence-electron chi connectivity index (χ2n) is 5.84. The molecule has 1 N–H and O–H groups in total. The Bertz CT molecular complexity index is 501. The first-order valence-corrected chi connectivity index (χ1v) is 7.45. The van der Waals surface area contributed by atoms with E-state index in [0.29, 0.717) is 24.0 Å². The molecular formula is C16H23NO4. The van der Waals surface area contributed by atoms with E-state index in [-0.39, 0.29) is 12.0 Å². The molecule has 0 aromatic carbocycles. The molecule has 0 amide bonds. The first-order valence-electron chi connectivity index (χ1n) is 7.45. The van der Waals surface area contributed by atoms with Crippen LogP contribution in [0.5, 0.6) is 11.6 Å². The van der Waals surface area contributed by atoms with Gasteiger partial charge in [0.15, 0.2) is 5.75 Å². The summed E-state index contributed by atoms with van der Waals surface area (Å²) in [6, 6.07) is 3.80. The Morgan fingerprint density at radius 3 is 2.76 bits per heavy atom. The second-order valence-corrected chi connectivity index (χ2v) is 5.84. The number of ether oxygens (including phenoxy) is 2. The van der Waals surface area contributed by atoms with Crippen molar-refractivity contribution in [2.24, 2.45) is 5.92 Å². The zero-order valence-corrected chi connectivity index (χ0v) is 12.8. The van der Waals surface area contributed by atoms with Gasteiger partial charge in [0.25, 0.3) is 5.88 Å². The predicted molar refractivity (Wildman–Crippen MR) is 78.9 cm³/mol. The summed E-state index contributed by atoms with van der Waals surface area (Å²) in [5, 5.41) is 9.13. The van der Waals surface area contributed by atoms with Crippen LogP contribution >= 0.6 is 0 Å². The van der Waals surface area contributed by atoms with Gasteiger partial charge in [-0.1, -0.05) is 13.8 Å². The van der Waals surface area contributed by atoms with E-state index in [9.17, 15) is 4.79 Å². The van der Waals surface area contributed by atoms with Crippen LogP contribution in [0.1, 0.15) is 51.1 Å². The lowest BCUT2D eigenvalue weighted by Crippen LogP contribution is -2.29. The molecule has 0 aliphatic heterocycles. The number of rotatable bonds is 5. The highest BCUT2D eigenvalue weighted by molar-refractivity contribution is 5.70. The van der Waals surface area contributed by atoms with Gasteiger partial charge in [0.2, 0.25) is 0 Å². The highest BCUT2D eigenvalue weighted by atomic mass is 16.5. The smallest absolute Gasteiger partial charge is 0.306 e. The highest BCUT2D eigenvalue weighted by Crippen LogP contribution is 2.32. The fraction of sp³-hybridized carbons (Fsp3) is 0.625. The third-order valence-corrected chi connectivity index (χ3v) is 3.90. The summed E-state index contributed by atoms with van der Waals surface area (Å²) in [6.45, 7) is 4.14. The first kappa shape index (κ1) is 15.6. The lowest BCUT2D eigenvalue weighted by Gasteiger charge is -2.27. The van der Waals surface area contributed by atoms with Crippen LogP contribution in [0.2, 0.25) is 0 Å². The van der Waals surface area contributed by atoms with Crippen molar-refractivity contribution in [1.29, 1.82) is 0 Å². The lowest BCUT2D eigenvalue weighted by molar-refractivity contribution is -0.143. The van der Waals surface area contributed by atoms with Gasteiger partial charge in [-0.15, -0.1) is 0 Å². The standard InChI is InChI=1S/C16H23NO4/c1-10(2)13-7-8-14(15(17-13)20-3)21-12-6-4-5-11(9-12)16(18)19/h7-8,10-12H,4-6,9H2,1-3H3,(H,18,19)/t11-,12-/m0/s1. The number of nitrogens with zero attached hydrogens (tertiary/aromatic N) is 1. The van der Waals surface area contributed by atoms with E-state index in [0.717, 1.165) is 25.0 Å². The number of carboxylic acid groups (broad SMARTS) is 1. The predicted octanol–water partition coefficient (Wildman–Crippen LogP) is 3.24. The maximum absolute atomic E-state index is 11.1. The number of carbonyl (C=O) groups is 1. The Morgan fingerprint density at radius 2 is 2.14 bits per heavy atom. The molecule has 0 unspecified atom stereocenters. The van der Waals surface area contributed by atoms with Crippen molar-refractivity contribution in [3.05, 3.63) is 17.8 Å². The molecule has 0 spiro atoms. The van der Waals surface area contributed by atoms with Gasteiger partial charge in [-0.2, -0.15) is 0 Å². The normalized spacial score (nSPS) is 22.1. The van der Waals surface area contributed by atoms with Crippen molar-refractivity contribution in [3.63, 3.8) is 0 Å². The minimum absolute atomic E-state index is 0.0829. The summed E-state index contributed by atoms with van der Waals surface area (Å²) in [6.07, 6.45) is 2.95. The third kappa shape index (κ3) is 3.86. The Morgan fingerprint density at radius 1 is 1.38 bits per heavy atom. The fourth-order valence-electron chi connectivity index (χ4n) is 2.66. The maximum atomic E-state index is 11.1. The van der Waals surface area contributed by atoms with Crippen LogP contribution in [-0.2, 0) is 4.79 Å². The number of methoxy groups -OCH3 is 1. The summed E-state index contributed by atoms with van der Waals surface area (Å²) in [7, 11) is 1.57. The van der Waals surface area contributed by atoms with Crippen LogP contribution < -0.4 is 9.47 Å². The number of carboxylic acids is 1. The molecular weight excluding hydrogens is 270 g/mol. The van der Waals surface area contributed by atoms with Gasteiger partial charge in [-0.05, 0) is 43.7 Å². The molecule has 5 nitrogen and oxygen atoms in total. The minimum Gasteiger partial charge on any atom is -0.485 e. The van der Waals surface area contributed by atoms with E-state index < -0.39 is 5.97 Å². The molecule has 21 heavy (non-hydrogen) atoms. The van der Waals surface area contributed by atoms with E-state index in [1.165, 1.54) is 0 Å². The Labute approximate surface area is 125 Å². The van der Waals surface area contributed by atoms with Gasteiger partial charge in [0.05, 0.1) is 19.1 Å². The van der Waals surface area contributed by atoms with Gasteiger partial charge in [-0.25, -0.2) is 4.98 Å². The topological polar surface area (TPSA) is 68.7 Å². The van der Waals surface area contributed by atoms with E-state index in [4.69, 9.17) is 14.6 Å². The lowest BCUT2D eigenvalue weighted by atomic mass is 9.87. The van der Waals surface area contributed by atoms with Gasteiger partial charge in [0, 0.05) is 5.69 Å². The summed E-state index contributed by atoms with van der Waals surface area (Å²) < 4.78 is 11.2. The summed E-state index contributed by atoms with van der Waals surface area (Å²) in [5.41, 5.74) is 0.950. The second kappa shape index (κ2) is 6.78. The molecule has 1 saturated carbocycles. The number of hydrogen-bond donors (Lipinski definition) is 1. The van der Waals surface area contributed by atoms with Crippen LogP contribution in [0, 0.1) is 5.92 Å². The van der Waals surface area contributed by atoms with Crippen molar-refractivity contribution in [3.8, 4) is 11.6 Å². The molecule has 0 radical (unpaired) electrons. The molecule has 1 aliphatic carbocycles. The van der Waals surface area contributed by atoms with Crippen LogP contribution in [0.3, 0.4) is 0 Å². The average molecular weight is 293 g/mol. The van der Waals surface area contributed by atoms with Crippen molar-refractivity contribution >= 4 is 5.97 Å². The van der Waals surface area contributed by atoms with E-state index in [1.807, 2.05) is 12.1 Å². The highest BCUT2D eigenvalue weighted by Gasteiger charge is 2.28. The molecule has 0 saturated heterocycles. The molecule has 1 aromatic rings. The Balaban J connectivity index is 2.10. The van der Waals surface area contributed by atoms with Crippen LogP contribution in [0.25, 0.3) is 0 Å². The molecule has 2 rings (SSSR count). The largest absolute Gasteiger partial charge is 0.485 e. The molecule has 116 valence electrons. The maximum Gasteiger partial charge on any atom is 0.306 e. The zero-order valence-electron chi connectivity index (χ0n) is 12.8. The number of hydrogen-bond acceptors (Lipinski definition) is 4. The Kier molecular flexibility index (Phi) is 5.04. The number of aromatic nitrogens is 1. The fourth-order valence-corrected chi connectivity index (χ4v) is 2.66. The molecule has 1 fully saturated rings. The first-order chi connectivity index (χ1) is 10.0. The molecule has 1 aromatic heterocycles. The summed E-state index contributed by atoms with van der Waals surface area (Å²) in [5.74, 6) is 0.344. The minimum atomic E-state index is -0.733. The van der Waals surface area contributed by atoms with Gasteiger partial charge in [0.1, 0.15) is 0 Å². The van der Waals surface area contributed by atoms with Crippen molar-refractivity contribution in [2.45, 2.75) is 51.6 Å². The monoisotopic (exact) mass is 293 g/mol. The SMILES string of the molecule is COc1nc(C(C)C)ccc1O[C@H]1CCC[C@H](C(=O)O)C1. The Hall–Kier alpha value is -1.78. The van der Waals surface area contributed by atoms with Gasteiger partial charge >= 0.3 is 5.97 Å². The van der Waals surface area contributed by atoms with E-state index in [2.05, 4.69) is 18.8 Å². The molecule has 1 aliphatic rings. The van der Waals surface area contributed by atoms with Crippen molar-refractivity contribution in [1.82, 2.24) is 4.98 Å². The quantitative estimate of drug-likeness (QED) is 0.902. The van der Waals surface area contributed by atoms with E-state index >= 15 is 0 Å². The van der Waals surface area contributed by atoms with Crippen LogP contribution in [0.15, 0.2) is 12.1 Å².